The van der Waals surface area contributed by atoms with Crippen molar-refractivity contribution >= 4 is 33.6 Å². The lowest BCUT2D eigenvalue weighted by Gasteiger charge is -2.38. The number of rotatable bonds is 4. The molecule has 1 saturated carbocycles. The summed E-state index contributed by atoms with van der Waals surface area (Å²) in [5.41, 5.74) is 2.40. The lowest BCUT2D eigenvalue weighted by atomic mass is 9.66. The van der Waals surface area contributed by atoms with E-state index in [0.717, 1.165) is 34.7 Å². The average molecular weight is 430 g/mol. The molecule has 2 N–H and O–H groups in total. The molecule has 1 aliphatic heterocycles. The van der Waals surface area contributed by atoms with E-state index in [1.54, 1.807) is 18.4 Å². The highest BCUT2D eigenvalue weighted by molar-refractivity contribution is 7.91. The highest BCUT2D eigenvalue weighted by Crippen LogP contribution is 2.48. The highest BCUT2D eigenvalue weighted by Gasteiger charge is 2.40. The molecule has 6 nitrogen and oxygen atoms in total. The van der Waals surface area contributed by atoms with Gasteiger partial charge in [0.15, 0.2) is 9.84 Å². The van der Waals surface area contributed by atoms with Crippen LogP contribution < -0.4 is 4.65 Å². The van der Waals surface area contributed by atoms with Crippen molar-refractivity contribution in [3.63, 3.8) is 0 Å². The van der Waals surface area contributed by atoms with Crippen LogP contribution in [0.2, 0.25) is 0 Å². The largest absolute Gasteiger partial charge is 0.552 e. The van der Waals surface area contributed by atoms with Crippen molar-refractivity contribution in [2.24, 2.45) is 11.8 Å². The van der Waals surface area contributed by atoms with Crippen LogP contribution in [0.1, 0.15) is 18.4 Å². The lowest BCUT2D eigenvalue weighted by molar-refractivity contribution is 0.272. The SMILES string of the molecule is O=S(=O)(CC1CC(C2=CB(O)Oc3cnc4[nH]ccc4c32)C1)c1c(F)cccc1F. The van der Waals surface area contributed by atoms with E-state index in [1.165, 1.54) is 0 Å². The monoisotopic (exact) mass is 430 g/mol. The minimum atomic E-state index is -4.09. The van der Waals surface area contributed by atoms with E-state index in [2.05, 4.69) is 9.97 Å². The minimum absolute atomic E-state index is 0.00784. The molecule has 1 aromatic carbocycles. The van der Waals surface area contributed by atoms with Gasteiger partial charge in [0.25, 0.3) is 0 Å². The molecule has 0 spiro atoms. The van der Waals surface area contributed by atoms with E-state index in [1.807, 2.05) is 6.07 Å². The smallest absolute Gasteiger partial charge is 0.531 e. The first-order chi connectivity index (χ1) is 14.3. The van der Waals surface area contributed by atoms with Gasteiger partial charge in [-0.15, -0.1) is 0 Å². The van der Waals surface area contributed by atoms with Crippen molar-refractivity contribution < 1.29 is 26.9 Å². The van der Waals surface area contributed by atoms with Gasteiger partial charge in [-0.3, -0.25) is 0 Å². The first kappa shape index (κ1) is 19.3. The zero-order chi connectivity index (χ0) is 21.0. The van der Waals surface area contributed by atoms with Gasteiger partial charge in [0.2, 0.25) is 0 Å². The zero-order valence-corrected chi connectivity index (χ0v) is 16.5. The fourth-order valence-corrected chi connectivity index (χ4v) is 6.21. The second-order valence-corrected chi connectivity index (χ2v) is 9.71. The van der Waals surface area contributed by atoms with Crippen molar-refractivity contribution in [2.45, 2.75) is 17.7 Å². The molecule has 0 bridgehead atoms. The Kier molecular flexibility index (Phi) is 4.44. The molecule has 5 rings (SSSR count). The number of halogens is 2. The standard InChI is InChI=1S/C20H17BF2N2O4S/c22-15-2-1-3-16(23)19(15)30(27,28)10-11-6-12(7-11)14-8-21(26)29-17-9-25-20-13(18(14)17)4-5-24-20/h1-5,8-9,11-12,26H,6-7,10H2,(H,24,25). The summed E-state index contributed by atoms with van der Waals surface area (Å²) in [6, 6.07) is 4.90. The topological polar surface area (TPSA) is 92.3 Å². The van der Waals surface area contributed by atoms with Gasteiger partial charge >= 0.3 is 7.12 Å². The van der Waals surface area contributed by atoms with E-state index in [9.17, 15) is 22.2 Å². The molecular weight excluding hydrogens is 413 g/mol. The maximum absolute atomic E-state index is 13.9. The van der Waals surface area contributed by atoms with Crippen LogP contribution in [0.4, 0.5) is 8.78 Å². The first-order valence-electron chi connectivity index (χ1n) is 9.53. The van der Waals surface area contributed by atoms with Gasteiger partial charge in [-0.05, 0) is 54.4 Å². The molecule has 2 aliphatic rings. The number of allylic oxidation sites excluding steroid dienone is 1. The summed E-state index contributed by atoms with van der Waals surface area (Å²) in [5.74, 6) is -0.594. The number of sulfone groups is 1. The molecule has 0 amide bonds. The molecule has 30 heavy (non-hydrogen) atoms. The number of H-pyrrole nitrogens is 1. The Hall–Kier alpha value is -2.72. The van der Waals surface area contributed by atoms with Crippen molar-refractivity contribution in [1.82, 2.24) is 9.97 Å². The molecule has 0 radical (unpaired) electrons. The molecule has 10 heteroatoms. The molecule has 0 unspecified atom stereocenters. The maximum Gasteiger partial charge on any atom is 0.552 e. The minimum Gasteiger partial charge on any atom is -0.531 e. The van der Waals surface area contributed by atoms with E-state index in [-0.39, 0.29) is 17.6 Å². The fraction of sp³-hybridized carbons (Fsp3) is 0.250. The average Bonchev–Trinajstić information content (AvgIpc) is 3.12. The Morgan fingerprint density at radius 3 is 2.70 bits per heavy atom. The van der Waals surface area contributed by atoms with E-state index in [0.29, 0.717) is 24.2 Å². The summed E-state index contributed by atoms with van der Waals surface area (Å²) in [6.07, 6.45) is 4.37. The molecule has 3 aromatic rings. The van der Waals surface area contributed by atoms with Crippen molar-refractivity contribution in [1.29, 1.82) is 0 Å². The van der Waals surface area contributed by atoms with Crippen LogP contribution in [0.3, 0.4) is 0 Å². The zero-order valence-electron chi connectivity index (χ0n) is 15.7. The van der Waals surface area contributed by atoms with Gasteiger partial charge in [-0.1, -0.05) is 6.07 Å². The summed E-state index contributed by atoms with van der Waals surface area (Å²) in [7, 11) is -5.20. The number of fused-ring (bicyclic) bond motifs is 3. The first-order valence-corrected chi connectivity index (χ1v) is 11.2. The normalized spacial score (nSPS) is 21.0. The summed E-state index contributed by atoms with van der Waals surface area (Å²) in [6.45, 7) is 0. The third-order valence-electron chi connectivity index (χ3n) is 5.77. The molecule has 2 aromatic heterocycles. The Morgan fingerprint density at radius 1 is 1.23 bits per heavy atom. The number of aromatic nitrogens is 2. The Bertz CT molecular complexity index is 1260. The molecule has 1 aliphatic carbocycles. The third kappa shape index (κ3) is 3.11. The van der Waals surface area contributed by atoms with Gasteiger partial charge in [-0.2, -0.15) is 0 Å². The van der Waals surface area contributed by atoms with E-state index in [4.69, 9.17) is 4.65 Å². The quantitative estimate of drug-likeness (QED) is 0.621. The summed E-state index contributed by atoms with van der Waals surface area (Å²) < 4.78 is 58.5. The summed E-state index contributed by atoms with van der Waals surface area (Å²) in [5, 5.41) is 10.9. The van der Waals surface area contributed by atoms with Crippen LogP contribution in [-0.4, -0.2) is 36.3 Å². The van der Waals surface area contributed by atoms with E-state index < -0.39 is 33.5 Å². The van der Waals surface area contributed by atoms with Gasteiger partial charge in [0.05, 0.1) is 11.9 Å². The number of aromatic amines is 1. The Balaban J connectivity index is 1.38. The Morgan fingerprint density at radius 2 is 1.97 bits per heavy atom. The number of nitrogens with zero attached hydrogens (tertiary/aromatic N) is 1. The van der Waals surface area contributed by atoms with Crippen molar-refractivity contribution in [3.05, 3.63) is 59.8 Å². The third-order valence-corrected chi connectivity index (χ3v) is 7.69. The van der Waals surface area contributed by atoms with Crippen LogP contribution in [-0.2, 0) is 9.84 Å². The number of nitrogens with one attached hydrogen (secondary N) is 1. The van der Waals surface area contributed by atoms with Gasteiger partial charge in [0, 0.05) is 17.1 Å². The molecule has 1 fully saturated rings. The van der Waals surface area contributed by atoms with Crippen LogP contribution in [0.5, 0.6) is 5.75 Å². The van der Waals surface area contributed by atoms with Crippen LogP contribution in [0.15, 0.2) is 47.5 Å². The van der Waals surface area contributed by atoms with Crippen molar-refractivity contribution in [3.8, 4) is 5.75 Å². The predicted molar refractivity (Wildman–Crippen MR) is 107 cm³/mol. The van der Waals surface area contributed by atoms with Crippen molar-refractivity contribution in [2.75, 3.05) is 5.75 Å². The summed E-state index contributed by atoms with van der Waals surface area (Å²) >= 11 is 0. The maximum atomic E-state index is 13.9. The second kappa shape index (κ2) is 6.92. The fourth-order valence-electron chi connectivity index (χ4n) is 4.42. The molecular formula is C20H17BF2N2O4S. The number of hydrogen-bond acceptors (Lipinski definition) is 5. The van der Waals surface area contributed by atoms with Gasteiger partial charge in [0.1, 0.15) is 27.9 Å². The predicted octanol–water partition coefficient (Wildman–Crippen LogP) is 3.14. The van der Waals surface area contributed by atoms with Crippen LogP contribution >= 0.6 is 0 Å². The van der Waals surface area contributed by atoms with Gasteiger partial charge in [-0.25, -0.2) is 22.2 Å². The van der Waals surface area contributed by atoms with Gasteiger partial charge < -0.3 is 14.7 Å². The molecule has 154 valence electrons. The lowest BCUT2D eigenvalue weighted by Crippen LogP contribution is -2.34. The second-order valence-electron chi connectivity index (χ2n) is 7.73. The van der Waals surface area contributed by atoms with Crippen LogP contribution in [0.25, 0.3) is 16.6 Å². The number of hydrogen-bond donors (Lipinski definition) is 2. The molecule has 3 heterocycles. The summed E-state index contributed by atoms with van der Waals surface area (Å²) in [4.78, 5) is 6.45. The Labute approximate surface area is 171 Å². The number of benzene rings is 1. The van der Waals surface area contributed by atoms with E-state index >= 15 is 0 Å². The highest BCUT2D eigenvalue weighted by atomic mass is 32.2. The molecule has 0 atom stereocenters. The number of pyridine rings is 1. The van der Waals surface area contributed by atoms with Crippen LogP contribution in [0, 0.1) is 23.5 Å². The molecule has 0 saturated heterocycles.